The number of nitrogens with zero attached hydrogens (tertiary/aromatic N) is 4. The zero-order valence-corrected chi connectivity index (χ0v) is 18.0. The number of aryl methyl sites for hydroxylation is 2. The lowest BCUT2D eigenvalue weighted by Gasteiger charge is -2.30. The Balaban J connectivity index is 1.75. The van der Waals surface area contributed by atoms with Crippen LogP contribution in [0.3, 0.4) is 0 Å². The lowest BCUT2D eigenvalue weighted by atomic mass is 9.99. The fraction of sp³-hybridized carbons (Fsp3) is 0.526. The fourth-order valence-corrected chi connectivity index (χ4v) is 4.48. The van der Waals surface area contributed by atoms with Crippen LogP contribution in [-0.2, 0) is 28.4 Å². The van der Waals surface area contributed by atoms with Crippen molar-refractivity contribution in [3.8, 4) is 0 Å². The summed E-state index contributed by atoms with van der Waals surface area (Å²) >= 11 is 0. The lowest BCUT2D eigenvalue weighted by Crippen LogP contribution is -2.39. The highest BCUT2D eigenvalue weighted by atomic mass is 32.2. The third-order valence-corrected chi connectivity index (χ3v) is 6.65. The topological polar surface area (TPSA) is 106 Å². The van der Waals surface area contributed by atoms with Gasteiger partial charge in [-0.1, -0.05) is 6.07 Å². The smallest absolute Gasteiger partial charge is 0.324 e. The molecular weight excluding hydrogens is 394 g/mol. The van der Waals surface area contributed by atoms with Gasteiger partial charge in [0.15, 0.2) is 0 Å². The van der Waals surface area contributed by atoms with Crippen molar-refractivity contribution in [1.29, 1.82) is 0 Å². The molecule has 1 aliphatic heterocycles. The van der Waals surface area contributed by atoms with E-state index in [0.29, 0.717) is 24.5 Å². The Kier molecular flexibility index (Phi) is 5.95. The molecule has 29 heavy (non-hydrogen) atoms. The second-order valence-electron chi connectivity index (χ2n) is 7.66. The third-order valence-electron chi connectivity index (χ3n) is 5.38. The average Bonchev–Trinajstić information content (AvgIpc) is 2.92. The highest BCUT2D eigenvalue weighted by Crippen LogP contribution is 2.26. The van der Waals surface area contributed by atoms with E-state index in [-0.39, 0.29) is 24.9 Å². The van der Waals surface area contributed by atoms with Gasteiger partial charge in [-0.2, -0.15) is 5.10 Å². The van der Waals surface area contributed by atoms with Gasteiger partial charge >= 0.3 is 5.69 Å². The molecule has 1 aromatic heterocycles. The predicted octanol–water partition coefficient (Wildman–Crippen LogP) is 0.976. The average molecular weight is 422 g/mol. The van der Waals surface area contributed by atoms with E-state index in [1.54, 1.807) is 7.05 Å². The van der Waals surface area contributed by atoms with Crippen LogP contribution in [0.2, 0.25) is 0 Å². The second-order valence-corrected chi connectivity index (χ2v) is 9.65. The summed E-state index contributed by atoms with van der Waals surface area (Å²) in [6, 6.07) is 5.61. The van der Waals surface area contributed by atoms with Crippen LogP contribution < -0.4 is 11.0 Å². The fourth-order valence-electron chi connectivity index (χ4n) is 3.57. The Bertz CT molecular complexity index is 1090. The van der Waals surface area contributed by atoms with E-state index in [0.717, 1.165) is 22.2 Å². The van der Waals surface area contributed by atoms with Crippen molar-refractivity contribution in [2.45, 2.75) is 39.2 Å². The summed E-state index contributed by atoms with van der Waals surface area (Å²) in [7, 11) is -1.70. The second kappa shape index (κ2) is 8.11. The standard InChI is InChI=1S/C19H27N5O4S/c1-13-7-8-16(10-14(13)2)20-17(25)12-24-19(26)22(3)18(21-24)15-6-5-9-23(11-15)29(4,27)28/h7-8,10,15H,5-6,9,11-12H2,1-4H3,(H,20,25). The monoisotopic (exact) mass is 421 g/mol. The van der Waals surface area contributed by atoms with E-state index in [4.69, 9.17) is 0 Å². The molecule has 0 spiro atoms. The summed E-state index contributed by atoms with van der Waals surface area (Å²) in [6.45, 7) is 4.51. The normalized spacial score (nSPS) is 18.0. The zero-order valence-electron chi connectivity index (χ0n) is 17.2. The van der Waals surface area contributed by atoms with Gasteiger partial charge in [-0.3, -0.25) is 9.36 Å². The molecule has 1 unspecified atom stereocenters. The molecule has 1 amide bonds. The molecule has 158 valence electrons. The number of sulfonamides is 1. The van der Waals surface area contributed by atoms with Gasteiger partial charge in [0.25, 0.3) is 0 Å². The first-order valence-electron chi connectivity index (χ1n) is 9.52. The first kappa shape index (κ1) is 21.3. The first-order valence-corrected chi connectivity index (χ1v) is 11.4. The highest BCUT2D eigenvalue weighted by molar-refractivity contribution is 7.88. The van der Waals surface area contributed by atoms with E-state index < -0.39 is 15.7 Å². The molecule has 1 atom stereocenters. The van der Waals surface area contributed by atoms with Crippen LogP contribution in [0.15, 0.2) is 23.0 Å². The van der Waals surface area contributed by atoms with Crippen molar-refractivity contribution < 1.29 is 13.2 Å². The zero-order chi connectivity index (χ0) is 21.3. The maximum atomic E-state index is 12.5. The number of benzene rings is 1. The predicted molar refractivity (Wildman–Crippen MR) is 110 cm³/mol. The number of aromatic nitrogens is 3. The summed E-state index contributed by atoms with van der Waals surface area (Å²) in [6.07, 6.45) is 2.63. The highest BCUT2D eigenvalue weighted by Gasteiger charge is 2.30. The minimum atomic E-state index is -3.30. The van der Waals surface area contributed by atoms with Crippen molar-refractivity contribution in [2.24, 2.45) is 7.05 Å². The number of amides is 1. The maximum absolute atomic E-state index is 12.5. The molecule has 1 aliphatic rings. The third kappa shape index (κ3) is 4.76. The lowest BCUT2D eigenvalue weighted by molar-refractivity contribution is -0.117. The van der Waals surface area contributed by atoms with Crippen LogP contribution in [0.1, 0.15) is 35.7 Å². The van der Waals surface area contributed by atoms with Crippen molar-refractivity contribution in [2.75, 3.05) is 24.7 Å². The number of nitrogens with one attached hydrogen (secondary N) is 1. The van der Waals surface area contributed by atoms with Crippen molar-refractivity contribution in [3.05, 3.63) is 45.6 Å². The SMILES string of the molecule is Cc1ccc(NC(=O)Cn2nc(C3CCCN(S(C)(=O)=O)C3)n(C)c2=O)cc1C. The van der Waals surface area contributed by atoms with Crippen LogP contribution in [0, 0.1) is 13.8 Å². The summed E-state index contributed by atoms with van der Waals surface area (Å²) in [5.74, 6) is -0.0241. The molecule has 0 bridgehead atoms. The van der Waals surface area contributed by atoms with Crippen molar-refractivity contribution in [3.63, 3.8) is 0 Å². The minimum absolute atomic E-state index is 0.180. The van der Waals surface area contributed by atoms with Crippen LogP contribution in [0.5, 0.6) is 0 Å². The number of carbonyl (C=O) groups excluding carboxylic acids is 1. The van der Waals surface area contributed by atoms with Crippen LogP contribution >= 0.6 is 0 Å². The Morgan fingerprint density at radius 3 is 2.66 bits per heavy atom. The molecule has 3 rings (SSSR count). The summed E-state index contributed by atoms with van der Waals surface area (Å²) < 4.78 is 27.7. The number of rotatable bonds is 5. The van der Waals surface area contributed by atoms with Gasteiger partial charge in [-0.05, 0) is 49.9 Å². The number of anilines is 1. The molecular formula is C19H27N5O4S. The van der Waals surface area contributed by atoms with E-state index >= 15 is 0 Å². The first-order chi connectivity index (χ1) is 13.6. The van der Waals surface area contributed by atoms with Gasteiger partial charge in [0, 0.05) is 31.7 Å². The molecule has 10 heteroatoms. The number of hydrogen-bond donors (Lipinski definition) is 1. The van der Waals surface area contributed by atoms with E-state index in [1.165, 1.54) is 15.1 Å². The summed E-state index contributed by atoms with van der Waals surface area (Å²) in [5.41, 5.74) is 2.46. The molecule has 1 fully saturated rings. The molecule has 1 N–H and O–H groups in total. The van der Waals surface area contributed by atoms with Gasteiger partial charge < -0.3 is 5.32 Å². The molecule has 1 aromatic carbocycles. The van der Waals surface area contributed by atoms with E-state index in [1.807, 2.05) is 32.0 Å². The van der Waals surface area contributed by atoms with E-state index in [9.17, 15) is 18.0 Å². The van der Waals surface area contributed by atoms with Gasteiger partial charge in [0.2, 0.25) is 15.9 Å². The number of piperidine rings is 1. The molecule has 0 saturated carbocycles. The number of hydrogen-bond acceptors (Lipinski definition) is 5. The largest absolute Gasteiger partial charge is 0.346 e. The van der Waals surface area contributed by atoms with E-state index in [2.05, 4.69) is 10.4 Å². The Labute approximate surface area is 170 Å². The molecule has 1 saturated heterocycles. The van der Waals surface area contributed by atoms with Gasteiger partial charge in [0.05, 0.1) is 6.26 Å². The molecule has 9 nitrogen and oxygen atoms in total. The molecule has 0 radical (unpaired) electrons. The molecule has 2 heterocycles. The molecule has 0 aliphatic carbocycles. The van der Waals surface area contributed by atoms with Crippen molar-refractivity contribution in [1.82, 2.24) is 18.7 Å². The quantitative estimate of drug-likeness (QED) is 0.774. The Morgan fingerprint density at radius 1 is 1.28 bits per heavy atom. The van der Waals surface area contributed by atoms with Gasteiger partial charge in [0.1, 0.15) is 12.4 Å². The maximum Gasteiger partial charge on any atom is 0.346 e. The molecule has 2 aromatic rings. The van der Waals surface area contributed by atoms with Gasteiger partial charge in [-0.25, -0.2) is 22.2 Å². The summed E-state index contributed by atoms with van der Waals surface area (Å²) in [5, 5.41) is 7.13. The van der Waals surface area contributed by atoms with Crippen LogP contribution in [0.25, 0.3) is 0 Å². The Morgan fingerprint density at radius 2 is 2.00 bits per heavy atom. The van der Waals surface area contributed by atoms with Crippen LogP contribution in [-0.4, -0.2) is 52.3 Å². The van der Waals surface area contributed by atoms with Crippen molar-refractivity contribution >= 4 is 21.6 Å². The minimum Gasteiger partial charge on any atom is -0.324 e. The van der Waals surface area contributed by atoms with Gasteiger partial charge in [-0.15, -0.1) is 0 Å². The number of carbonyl (C=O) groups is 1. The van der Waals surface area contributed by atoms with Crippen LogP contribution in [0.4, 0.5) is 5.69 Å². The Hall–Kier alpha value is -2.46. The summed E-state index contributed by atoms with van der Waals surface area (Å²) in [4.78, 5) is 25.0.